The molecule has 0 aromatic rings. The van der Waals surface area contributed by atoms with Gasteiger partial charge in [-0.2, -0.15) is 0 Å². The van der Waals surface area contributed by atoms with Crippen molar-refractivity contribution in [2.24, 2.45) is 0 Å². The van der Waals surface area contributed by atoms with E-state index >= 15 is 0 Å². The number of ether oxygens (including phenoxy) is 2. The van der Waals surface area contributed by atoms with E-state index in [0.29, 0.717) is 13.5 Å². The molecule has 0 bridgehead atoms. The average molecular weight is 161 g/mol. The van der Waals surface area contributed by atoms with Crippen molar-refractivity contribution in [2.75, 3.05) is 26.7 Å². The van der Waals surface area contributed by atoms with Crippen LogP contribution in [0.5, 0.6) is 0 Å². The maximum Gasteiger partial charge on any atom is 0.0982 e. The first-order chi connectivity index (χ1) is 5.41. The van der Waals surface area contributed by atoms with E-state index in [1.54, 1.807) is 0 Å². The third-order valence-electron chi connectivity index (χ3n) is 1.11. The summed E-state index contributed by atoms with van der Waals surface area (Å²) in [5.41, 5.74) is 0. The second kappa shape index (κ2) is 9.88. The highest BCUT2D eigenvalue weighted by molar-refractivity contribution is 4.28. The van der Waals surface area contributed by atoms with Crippen molar-refractivity contribution in [1.29, 1.82) is 0 Å². The second-order valence-corrected chi connectivity index (χ2v) is 2.36. The fourth-order valence-electron chi connectivity index (χ4n) is 0.619. The molecule has 0 fully saturated rings. The molecule has 0 unspecified atom stereocenters. The fraction of sp³-hybridized carbons (Fsp3) is 1.00. The Labute approximate surface area is 69.1 Å². The Morgan fingerprint density at radius 3 is 1.73 bits per heavy atom. The summed E-state index contributed by atoms with van der Waals surface area (Å²) in [5, 5.41) is 3.01. The van der Waals surface area contributed by atoms with Crippen LogP contribution in [0.3, 0.4) is 0 Å². The first-order valence-electron chi connectivity index (χ1n) is 4.28. The summed E-state index contributed by atoms with van der Waals surface area (Å²) in [7, 11) is 0. The molecule has 0 saturated carbocycles. The zero-order chi connectivity index (χ0) is 8.36. The molecule has 0 saturated heterocycles. The molecule has 11 heavy (non-hydrogen) atoms. The Morgan fingerprint density at radius 1 is 0.909 bits per heavy atom. The Kier molecular flexibility index (Phi) is 9.77. The molecule has 0 spiro atoms. The Balaban J connectivity index is 2.69. The predicted molar refractivity (Wildman–Crippen MR) is 45.4 cm³/mol. The van der Waals surface area contributed by atoms with Crippen LogP contribution >= 0.6 is 0 Å². The van der Waals surface area contributed by atoms with Gasteiger partial charge in [-0.05, 0) is 12.8 Å². The molecule has 0 aliphatic heterocycles. The summed E-state index contributed by atoms with van der Waals surface area (Å²) < 4.78 is 10.3. The first-order valence-corrected chi connectivity index (χ1v) is 4.28. The third-order valence-corrected chi connectivity index (χ3v) is 1.11. The fourth-order valence-corrected chi connectivity index (χ4v) is 0.619. The van der Waals surface area contributed by atoms with Gasteiger partial charge in [0.1, 0.15) is 0 Å². The second-order valence-electron chi connectivity index (χ2n) is 2.36. The van der Waals surface area contributed by atoms with Crippen LogP contribution in [-0.4, -0.2) is 26.7 Å². The zero-order valence-corrected chi connectivity index (χ0v) is 7.56. The molecule has 0 heterocycles. The minimum atomic E-state index is 0.595. The van der Waals surface area contributed by atoms with E-state index < -0.39 is 0 Å². The van der Waals surface area contributed by atoms with E-state index in [0.717, 1.165) is 26.1 Å². The van der Waals surface area contributed by atoms with Crippen LogP contribution < -0.4 is 5.32 Å². The zero-order valence-electron chi connectivity index (χ0n) is 7.56. The normalized spacial score (nSPS) is 10.4. The summed E-state index contributed by atoms with van der Waals surface area (Å²) in [6.07, 6.45) is 2.13. The standard InChI is InChI=1S/C8H19NO2/c1-3-5-10-7-9-8-11-6-4-2/h9H,3-8H2,1-2H3. The van der Waals surface area contributed by atoms with Crippen molar-refractivity contribution in [1.82, 2.24) is 5.32 Å². The van der Waals surface area contributed by atoms with Crippen LogP contribution in [0.1, 0.15) is 26.7 Å². The van der Waals surface area contributed by atoms with E-state index in [9.17, 15) is 0 Å². The Hall–Kier alpha value is -0.120. The molecule has 68 valence electrons. The summed E-state index contributed by atoms with van der Waals surface area (Å²) in [6, 6.07) is 0. The quantitative estimate of drug-likeness (QED) is 0.430. The van der Waals surface area contributed by atoms with Gasteiger partial charge in [0.15, 0.2) is 0 Å². The number of rotatable bonds is 8. The molecule has 0 atom stereocenters. The number of hydrogen-bond donors (Lipinski definition) is 1. The minimum Gasteiger partial charge on any atom is -0.366 e. The summed E-state index contributed by atoms with van der Waals surface area (Å²) >= 11 is 0. The molecule has 3 heteroatoms. The molecule has 3 nitrogen and oxygen atoms in total. The monoisotopic (exact) mass is 161 g/mol. The van der Waals surface area contributed by atoms with Gasteiger partial charge in [-0.1, -0.05) is 13.8 Å². The highest BCUT2D eigenvalue weighted by Gasteiger charge is 1.85. The highest BCUT2D eigenvalue weighted by atomic mass is 16.5. The van der Waals surface area contributed by atoms with Gasteiger partial charge in [-0.15, -0.1) is 0 Å². The largest absolute Gasteiger partial charge is 0.366 e. The van der Waals surface area contributed by atoms with Gasteiger partial charge in [-0.25, -0.2) is 0 Å². The number of hydrogen-bond acceptors (Lipinski definition) is 3. The lowest BCUT2D eigenvalue weighted by molar-refractivity contribution is 0.0598. The van der Waals surface area contributed by atoms with Crippen molar-refractivity contribution < 1.29 is 9.47 Å². The van der Waals surface area contributed by atoms with Crippen LogP contribution in [0.25, 0.3) is 0 Å². The molecular weight excluding hydrogens is 142 g/mol. The first kappa shape index (κ1) is 10.9. The van der Waals surface area contributed by atoms with E-state index in [1.807, 2.05) is 0 Å². The van der Waals surface area contributed by atoms with Crippen molar-refractivity contribution >= 4 is 0 Å². The summed E-state index contributed by atoms with van der Waals surface area (Å²) in [5.74, 6) is 0. The smallest absolute Gasteiger partial charge is 0.0982 e. The topological polar surface area (TPSA) is 30.5 Å². The van der Waals surface area contributed by atoms with Crippen molar-refractivity contribution in [3.05, 3.63) is 0 Å². The SMILES string of the molecule is CCCOCNCOCCC. The molecule has 0 rings (SSSR count). The Bertz CT molecular complexity index is 61.1. The minimum absolute atomic E-state index is 0.595. The highest BCUT2D eigenvalue weighted by Crippen LogP contribution is 1.79. The van der Waals surface area contributed by atoms with Gasteiger partial charge in [0.05, 0.1) is 13.5 Å². The summed E-state index contributed by atoms with van der Waals surface area (Å²) in [6.45, 7) is 7.01. The van der Waals surface area contributed by atoms with E-state index in [4.69, 9.17) is 9.47 Å². The lowest BCUT2D eigenvalue weighted by Gasteiger charge is -2.05. The van der Waals surface area contributed by atoms with Gasteiger partial charge >= 0.3 is 0 Å². The molecule has 0 aliphatic rings. The molecule has 0 amide bonds. The lowest BCUT2D eigenvalue weighted by atomic mass is 10.5. The molecule has 0 radical (unpaired) electrons. The van der Waals surface area contributed by atoms with Crippen molar-refractivity contribution in [2.45, 2.75) is 26.7 Å². The molecule has 1 N–H and O–H groups in total. The maximum absolute atomic E-state index is 5.17. The van der Waals surface area contributed by atoms with Crippen molar-refractivity contribution in [3.8, 4) is 0 Å². The van der Waals surface area contributed by atoms with E-state index in [1.165, 1.54) is 0 Å². The van der Waals surface area contributed by atoms with Crippen LogP contribution in [0.15, 0.2) is 0 Å². The molecule has 0 aromatic heterocycles. The lowest BCUT2D eigenvalue weighted by Crippen LogP contribution is -2.21. The number of nitrogens with one attached hydrogen (secondary N) is 1. The van der Waals surface area contributed by atoms with Gasteiger partial charge in [0.25, 0.3) is 0 Å². The van der Waals surface area contributed by atoms with Gasteiger partial charge < -0.3 is 9.47 Å². The average Bonchev–Trinajstić information content (AvgIpc) is 2.03. The molecule has 0 aromatic carbocycles. The molecular formula is C8H19NO2. The third kappa shape index (κ3) is 9.88. The summed E-state index contributed by atoms with van der Waals surface area (Å²) in [4.78, 5) is 0. The van der Waals surface area contributed by atoms with Gasteiger partial charge in [0.2, 0.25) is 0 Å². The van der Waals surface area contributed by atoms with Gasteiger partial charge in [-0.3, -0.25) is 5.32 Å². The van der Waals surface area contributed by atoms with Crippen LogP contribution in [0.4, 0.5) is 0 Å². The van der Waals surface area contributed by atoms with E-state index in [-0.39, 0.29) is 0 Å². The van der Waals surface area contributed by atoms with Crippen LogP contribution in [-0.2, 0) is 9.47 Å². The van der Waals surface area contributed by atoms with Crippen molar-refractivity contribution in [3.63, 3.8) is 0 Å². The van der Waals surface area contributed by atoms with Crippen LogP contribution in [0.2, 0.25) is 0 Å². The maximum atomic E-state index is 5.17. The predicted octanol–water partition coefficient (Wildman–Crippen LogP) is 1.34. The molecule has 0 aliphatic carbocycles. The van der Waals surface area contributed by atoms with Crippen LogP contribution in [0, 0.1) is 0 Å². The Morgan fingerprint density at radius 2 is 1.36 bits per heavy atom. The van der Waals surface area contributed by atoms with E-state index in [2.05, 4.69) is 19.2 Å². The van der Waals surface area contributed by atoms with Gasteiger partial charge in [0, 0.05) is 13.2 Å².